The number of carbonyl (C=O) groups excluding carboxylic acids is 1. The van der Waals surface area contributed by atoms with E-state index in [0.29, 0.717) is 42.5 Å². The summed E-state index contributed by atoms with van der Waals surface area (Å²) in [6, 6.07) is 6.83. The lowest BCUT2D eigenvalue weighted by molar-refractivity contribution is -0.116. The van der Waals surface area contributed by atoms with E-state index in [1.165, 1.54) is 0 Å². The first-order valence-electron chi connectivity index (χ1n) is 8.11. The lowest BCUT2D eigenvalue weighted by Gasteiger charge is -2.16. The molecule has 1 aromatic rings. The number of hydrogen-bond acceptors (Lipinski definition) is 4. The molecule has 9 heteroatoms. The molecule has 1 aliphatic rings. The molecule has 1 heterocycles. The van der Waals surface area contributed by atoms with E-state index in [2.05, 4.69) is 20.9 Å². The monoisotopic (exact) mass is 386 g/mol. The van der Waals surface area contributed by atoms with Crippen LogP contribution in [0, 0.1) is 0 Å². The second kappa shape index (κ2) is 9.05. The van der Waals surface area contributed by atoms with Crippen molar-refractivity contribution in [1.82, 2.24) is 10.6 Å². The van der Waals surface area contributed by atoms with Crippen LogP contribution < -0.4 is 16.0 Å². The number of hydrogen-bond donors (Lipinski definition) is 3. The number of anilines is 1. The van der Waals surface area contributed by atoms with Gasteiger partial charge in [0.05, 0.1) is 11.5 Å². The van der Waals surface area contributed by atoms with Crippen LogP contribution in [-0.2, 0) is 14.6 Å². The van der Waals surface area contributed by atoms with Gasteiger partial charge in [-0.15, -0.1) is 0 Å². The normalized spacial score (nSPS) is 19.4. The Kier molecular flexibility index (Phi) is 7.07. The minimum Gasteiger partial charge on any atom is -0.356 e. The number of nitrogens with one attached hydrogen (secondary N) is 3. The number of aliphatic imine (C=N–C) groups is 1. The molecule has 1 amide bonds. The van der Waals surface area contributed by atoms with E-state index in [-0.39, 0.29) is 23.5 Å². The molecule has 1 saturated heterocycles. The number of nitrogens with zero attached hydrogens (tertiary/aromatic N) is 1. The van der Waals surface area contributed by atoms with E-state index >= 15 is 0 Å². The van der Waals surface area contributed by atoms with Gasteiger partial charge in [0, 0.05) is 36.8 Å². The average molecular weight is 387 g/mol. The molecule has 0 radical (unpaired) electrons. The van der Waals surface area contributed by atoms with Crippen molar-refractivity contribution in [2.45, 2.75) is 25.3 Å². The molecule has 1 aliphatic heterocycles. The molecule has 1 atom stereocenters. The second-order valence-corrected chi connectivity index (χ2v) is 8.57. The maximum atomic E-state index is 11.9. The van der Waals surface area contributed by atoms with Gasteiger partial charge < -0.3 is 16.0 Å². The Balaban J connectivity index is 1.65. The van der Waals surface area contributed by atoms with Crippen LogP contribution in [0.4, 0.5) is 5.69 Å². The van der Waals surface area contributed by atoms with E-state index in [0.717, 1.165) is 0 Å². The molecule has 0 bridgehead atoms. The van der Waals surface area contributed by atoms with Crippen molar-refractivity contribution in [1.29, 1.82) is 0 Å². The number of amides is 1. The van der Waals surface area contributed by atoms with Crippen LogP contribution in [0.15, 0.2) is 29.3 Å². The van der Waals surface area contributed by atoms with E-state index in [1.54, 1.807) is 31.3 Å². The van der Waals surface area contributed by atoms with Gasteiger partial charge in [0.1, 0.15) is 0 Å². The molecule has 3 N–H and O–H groups in total. The summed E-state index contributed by atoms with van der Waals surface area (Å²) in [6.07, 6.45) is 1.58. The minimum absolute atomic E-state index is 0.0750. The fourth-order valence-electron chi connectivity index (χ4n) is 2.51. The highest BCUT2D eigenvalue weighted by atomic mass is 35.5. The molecule has 0 saturated carbocycles. The zero-order valence-corrected chi connectivity index (χ0v) is 15.7. The van der Waals surface area contributed by atoms with Crippen molar-refractivity contribution in [2.75, 3.05) is 30.4 Å². The van der Waals surface area contributed by atoms with Crippen LogP contribution in [0.2, 0.25) is 5.02 Å². The number of benzene rings is 1. The summed E-state index contributed by atoms with van der Waals surface area (Å²) >= 11 is 5.80. The van der Waals surface area contributed by atoms with E-state index < -0.39 is 9.84 Å². The molecular formula is C16H23ClN4O3S. The van der Waals surface area contributed by atoms with Crippen molar-refractivity contribution in [3.8, 4) is 0 Å². The van der Waals surface area contributed by atoms with Gasteiger partial charge in [-0.25, -0.2) is 8.42 Å². The molecule has 2 rings (SSSR count). The summed E-state index contributed by atoms with van der Waals surface area (Å²) in [6.45, 7) is 0.563. The van der Waals surface area contributed by atoms with Crippen molar-refractivity contribution >= 4 is 39.0 Å². The van der Waals surface area contributed by atoms with Crippen LogP contribution in [0.5, 0.6) is 0 Å². The van der Waals surface area contributed by atoms with Crippen LogP contribution in [0.1, 0.15) is 19.3 Å². The van der Waals surface area contributed by atoms with Crippen LogP contribution in [0.3, 0.4) is 0 Å². The highest BCUT2D eigenvalue weighted by molar-refractivity contribution is 7.91. The Morgan fingerprint density at radius 1 is 1.32 bits per heavy atom. The van der Waals surface area contributed by atoms with E-state index in [1.807, 2.05) is 0 Å². The van der Waals surface area contributed by atoms with Gasteiger partial charge in [-0.2, -0.15) is 0 Å². The third-order valence-electron chi connectivity index (χ3n) is 3.80. The van der Waals surface area contributed by atoms with Gasteiger partial charge in [0.15, 0.2) is 15.8 Å². The standard InChI is InChI=1S/C16H23ClN4O3S/c1-18-16(21-14-8-10-25(23,24)11-14)19-9-2-3-15(22)20-13-6-4-12(17)5-7-13/h4-7,14H,2-3,8-11H2,1H3,(H,20,22)(H2,18,19,21). The van der Waals surface area contributed by atoms with Gasteiger partial charge in [-0.1, -0.05) is 11.6 Å². The van der Waals surface area contributed by atoms with Gasteiger partial charge >= 0.3 is 0 Å². The Morgan fingerprint density at radius 2 is 2.04 bits per heavy atom. The Morgan fingerprint density at radius 3 is 2.64 bits per heavy atom. The number of carbonyl (C=O) groups is 1. The zero-order valence-electron chi connectivity index (χ0n) is 14.1. The fourth-order valence-corrected chi connectivity index (χ4v) is 4.31. The summed E-state index contributed by atoms with van der Waals surface area (Å²) < 4.78 is 22.9. The topological polar surface area (TPSA) is 99.7 Å². The quantitative estimate of drug-likeness (QED) is 0.390. The Bertz CT molecular complexity index is 719. The largest absolute Gasteiger partial charge is 0.356 e. The summed E-state index contributed by atoms with van der Waals surface area (Å²) in [4.78, 5) is 16.0. The van der Waals surface area contributed by atoms with Gasteiger partial charge in [0.25, 0.3) is 0 Å². The molecule has 0 aromatic heterocycles. The molecule has 25 heavy (non-hydrogen) atoms. The molecule has 1 aromatic carbocycles. The third kappa shape index (κ3) is 6.91. The number of guanidine groups is 1. The minimum atomic E-state index is -2.92. The molecule has 138 valence electrons. The van der Waals surface area contributed by atoms with Crippen molar-refractivity contribution in [3.05, 3.63) is 29.3 Å². The third-order valence-corrected chi connectivity index (χ3v) is 5.82. The Hall–Kier alpha value is -1.80. The average Bonchev–Trinajstić information content (AvgIpc) is 2.91. The fraction of sp³-hybridized carbons (Fsp3) is 0.500. The smallest absolute Gasteiger partial charge is 0.224 e. The zero-order chi connectivity index (χ0) is 18.3. The molecule has 0 spiro atoms. The first kappa shape index (κ1) is 19.5. The lowest BCUT2D eigenvalue weighted by Crippen LogP contribution is -2.44. The molecule has 1 unspecified atom stereocenters. The highest BCUT2D eigenvalue weighted by Gasteiger charge is 2.28. The number of sulfone groups is 1. The van der Waals surface area contributed by atoms with Crippen LogP contribution >= 0.6 is 11.6 Å². The molecular weight excluding hydrogens is 364 g/mol. The van der Waals surface area contributed by atoms with Crippen molar-refractivity contribution in [2.24, 2.45) is 4.99 Å². The summed E-state index contributed by atoms with van der Waals surface area (Å²) in [5.74, 6) is 0.832. The number of rotatable bonds is 6. The maximum absolute atomic E-state index is 11.9. The summed E-state index contributed by atoms with van der Waals surface area (Å²) in [7, 11) is -1.29. The molecule has 7 nitrogen and oxygen atoms in total. The Labute approximate surface area is 153 Å². The van der Waals surface area contributed by atoms with E-state index in [4.69, 9.17) is 11.6 Å². The predicted octanol–water partition coefficient (Wildman–Crippen LogP) is 1.41. The first-order valence-corrected chi connectivity index (χ1v) is 10.3. The molecule has 1 fully saturated rings. The SMILES string of the molecule is CN=C(NCCCC(=O)Nc1ccc(Cl)cc1)NC1CCS(=O)(=O)C1. The van der Waals surface area contributed by atoms with Gasteiger partial charge in [-0.05, 0) is 37.1 Å². The molecule has 0 aliphatic carbocycles. The highest BCUT2D eigenvalue weighted by Crippen LogP contribution is 2.13. The van der Waals surface area contributed by atoms with E-state index in [9.17, 15) is 13.2 Å². The maximum Gasteiger partial charge on any atom is 0.224 e. The predicted molar refractivity (Wildman–Crippen MR) is 101 cm³/mol. The second-order valence-electron chi connectivity index (χ2n) is 5.90. The van der Waals surface area contributed by atoms with Crippen LogP contribution in [-0.4, -0.2) is 51.4 Å². The van der Waals surface area contributed by atoms with Crippen molar-refractivity contribution in [3.63, 3.8) is 0 Å². The van der Waals surface area contributed by atoms with Gasteiger partial charge in [-0.3, -0.25) is 9.79 Å². The van der Waals surface area contributed by atoms with Crippen LogP contribution in [0.25, 0.3) is 0 Å². The van der Waals surface area contributed by atoms with Gasteiger partial charge in [0.2, 0.25) is 5.91 Å². The summed E-state index contributed by atoms with van der Waals surface area (Å²) in [5, 5.41) is 9.62. The first-order chi connectivity index (χ1) is 11.9. The number of halogens is 1. The van der Waals surface area contributed by atoms with Crippen molar-refractivity contribution < 1.29 is 13.2 Å². The lowest BCUT2D eigenvalue weighted by atomic mass is 10.2. The summed E-state index contributed by atoms with van der Waals surface area (Å²) in [5.41, 5.74) is 0.710.